The van der Waals surface area contributed by atoms with Crippen LogP contribution in [0.3, 0.4) is 0 Å². The SMILES string of the molecule is Cc1ccc(C)c(N2C(=O)[C@H]3[C@@H](C2=O)N2CCCN2[C@@H]3c2ccccc2)c1. The molecule has 0 spiro atoms. The van der Waals surface area contributed by atoms with Crippen molar-refractivity contribution in [2.45, 2.75) is 32.4 Å². The van der Waals surface area contributed by atoms with E-state index in [4.69, 9.17) is 0 Å². The average molecular weight is 361 g/mol. The second kappa shape index (κ2) is 6.01. The summed E-state index contributed by atoms with van der Waals surface area (Å²) in [5.41, 5.74) is 3.85. The summed E-state index contributed by atoms with van der Waals surface area (Å²) < 4.78 is 0. The second-order valence-electron chi connectivity index (χ2n) is 7.81. The van der Waals surface area contributed by atoms with E-state index in [9.17, 15) is 9.59 Å². The molecule has 5 nitrogen and oxygen atoms in total. The number of hydrogen-bond donors (Lipinski definition) is 0. The Kier molecular flexibility index (Phi) is 3.71. The normalized spacial score (nSPS) is 28.1. The van der Waals surface area contributed by atoms with Crippen molar-refractivity contribution < 1.29 is 9.59 Å². The van der Waals surface area contributed by atoms with Crippen molar-refractivity contribution in [2.75, 3.05) is 18.0 Å². The molecule has 5 rings (SSSR count). The van der Waals surface area contributed by atoms with Crippen molar-refractivity contribution in [1.29, 1.82) is 0 Å². The molecule has 0 aromatic heterocycles. The average Bonchev–Trinajstić information content (AvgIpc) is 3.31. The molecule has 2 aromatic carbocycles. The summed E-state index contributed by atoms with van der Waals surface area (Å²) >= 11 is 0. The number of carbonyl (C=O) groups is 2. The Morgan fingerprint density at radius 1 is 0.852 bits per heavy atom. The Hall–Kier alpha value is -2.50. The van der Waals surface area contributed by atoms with Gasteiger partial charge in [0, 0.05) is 13.1 Å². The number of fused-ring (bicyclic) bond motifs is 3. The van der Waals surface area contributed by atoms with Crippen LogP contribution in [0.15, 0.2) is 48.5 Å². The van der Waals surface area contributed by atoms with Gasteiger partial charge in [0.05, 0.1) is 17.6 Å². The molecule has 0 aliphatic carbocycles. The van der Waals surface area contributed by atoms with E-state index >= 15 is 0 Å². The molecule has 3 aliphatic rings. The van der Waals surface area contributed by atoms with Crippen molar-refractivity contribution in [2.24, 2.45) is 5.92 Å². The van der Waals surface area contributed by atoms with Gasteiger partial charge in [0.15, 0.2) is 0 Å². The van der Waals surface area contributed by atoms with Crippen LogP contribution in [0.5, 0.6) is 0 Å². The topological polar surface area (TPSA) is 43.9 Å². The van der Waals surface area contributed by atoms with Gasteiger partial charge in [-0.05, 0) is 43.0 Å². The summed E-state index contributed by atoms with van der Waals surface area (Å²) in [6.45, 7) is 5.69. The lowest BCUT2D eigenvalue weighted by molar-refractivity contribution is -0.126. The maximum Gasteiger partial charge on any atom is 0.253 e. The van der Waals surface area contributed by atoms with E-state index in [2.05, 4.69) is 22.2 Å². The van der Waals surface area contributed by atoms with Crippen molar-refractivity contribution in [3.05, 3.63) is 65.2 Å². The third-order valence-electron chi connectivity index (χ3n) is 6.15. The fraction of sp³-hybridized carbons (Fsp3) is 0.364. The summed E-state index contributed by atoms with van der Waals surface area (Å²) in [4.78, 5) is 28.4. The number of aryl methyl sites for hydroxylation is 2. The molecule has 0 saturated carbocycles. The first kappa shape index (κ1) is 16.7. The standard InChI is InChI=1S/C22H23N3O2/c1-14-9-10-15(2)17(13-14)25-21(26)18-19(16-7-4-3-5-8-16)23-11-6-12-24(23)20(18)22(25)27/h3-5,7-10,13,18-20H,6,11-12H2,1-2H3/t18-,19-,20+/m1/s1. The van der Waals surface area contributed by atoms with Crippen LogP contribution in [0.25, 0.3) is 0 Å². The minimum absolute atomic E-state index is 0.0646. The van der Waals surface area contributed by atoms with Crippen molar-refractivity contribution in [3.63, 3.8) is 0 Å². The Bertz CT molecular complexity index is 926. The Morgan fingerprint density at radius 2 is 1.56 bits per heavy atom. The van der Waals surface area contributed by atoms with Gasteiger partial charge in [-0.25, -0.2) is 14.9 Å². The lowest BCUT2D eigenvalue weighted by atomic mass is 9.90. The highest BCUT2D eigenvalue weighted by Gasteiger charge is 2.62. The molecule has 2 aromatic rings. The fourth-order valence-corrected chi connectivity index (χ4v) is 4.96. The van der Waals surface area contributed by atoms with Crippen LogP contribution in [0, 0.1) is 19.8 Å². The molecule has 0 radical (unpaired) electrons. The molecule has 5 heteroatoms. The summed E-state index contributed by atoms with van der Waals surface area (Å²) in [5, 5.41) is 4.40. The Morgan fingerprint density at radius 3 is 2.30 bits per heavy atom. The van der Waals surface area contributed by atoms with E-state index < -0.39 is 0 Å². The molecule has 2 amide bonds. The highest BCUT2D eigenvalue weighted by molar-refractivity contribution is 6.24. The van der Waals surface area contributed by atoms with Crippen LogP contribution in [-0.2, 0) is 9.59 Å². The first-order valence-corrected chi connectivity index (χ1v) is 9.61. The first-order chi connectivity index (χ1) is 13.1. The second-order valence-corrected chi connectivity index (χ2v) is 7.81. The monoisotopic (exact) mass is 361 g/mol. The number of nitrogens with zero attached hydrogens (tertiary/aromatic N) is 3. The van der Waals surface area contributed by atoms with E-state index in [1.165, 1.54) is 4.90 Å². The predicted octanol–water partition coefficient (Wildman–Crippen LogP) is 2.84. The van der Waals surface area contributed by atoms with Gasteiger partial charge in [-0.1, -0.05) is 42.5 Å². The summed E-state index contributed by atoms with van der Waals surface area (Å²) in [6, 6.07) is 15.6. The van der Waals surface area contributed by atoms with E-state index in [1.54, 1.807) is 0 Å². The maximum atomic E-state index is 13.5. The number of imide groups is 1. The maximum absolute atomic E-state index is 13.5. The number of amides is 2. The molecule has 3 heterocycles. The van der Waals surface area contributed by atoms with Gasteiger partial charge in [-0.15, -0.1) is 0 Å². The largest absolute Gasteiger partial charge is 0.274 e. The molecular weight excluding hydrogens is 338 g/mol. The van der Waals surface area contributed by atoms with Crippen LogP contribution in [0.4, 0.5) is 5.69 Å². The zero-order chi connectivity index (χ0) is 18.7. The van der Waals surface area contributed by atoms with Gasteiger partial charge in [0.2, 0.25) is 5.91 Å². The quantitative estimate of drug-likeness (QED) is 0.772. The van der Waals surface area contributed by atoms with Crippen molar-refractivity contribution in [1.82, 2.24) is 10.0 Å². The first-order valence-electron chi connectivity index (χ1n) is 9.61. The lowest BCUT2D eigenvalue weighted by Crippen LogP contribution is -2.44. The third-order valence-corrected chi connectivity index (χ3v) is 6.15. The molecule has 3 aliphatic heterocycles. The van der Waals surface area contributed by atoms with Crippen LogP contribution < -0.4 is 4.90 Å². The van der Waals surface area contributed by atoms with Gasteiger partial charge in [0.1, 0.15) is 6.04 Å². The number of rotatable bonds is 2. The fourth-order valence-electron chi connectivity index (χ4n) is 4.96. The van der Waals surface area contributed by atoms with Crippen LogP contribution in [-0.4, -0.2) is 41.0 Å². The lowest BCUT2D eigenvalue weighted by Gasteiger charge is -2.30. The van der Waals surface area contributed by atoms with Gasteiger partial charge >= 0.3 is 0 Å². The molecule has 0 N–H and O–H groups in total. The van der Waals surface area contributed by atoms with Crippen LogP contribution in [0.1, 0.15) is 29.2 Å². The molecular formula is C22H23N3O2. The van der Waals surface area contributed by atoms with E-state index in [0.29, 0.717) is 0 Å². The molecule has 3 saturated heterocycles. The van der Waals surface area contributed by atoms with Gasteiger partial charge < -0.3 is 0 Å². The predicted molar refractivity (Wildman–Crippen MR) is 103 cm³/mol. The van der Waals surface area contributed by atoms with Gasteiger partial charge in [-0.3, -0.25) is 9.59 Å². The summed E-state index contributed by atoms with van der Waals surface area (Å²) in [6.07, 6.45) is 1.03. The molecule has 138 valence electrons. The summed E-state index contributed by atoms with van der Waals surface area (Å²) in [5.74, 6) is -0.494. The smallest absolute Gasteiger partial charge is 0.253 e. The third kappa shape index (κ3) is 2.32. The van der Waals surface area contributed by atoms with E-state index in [0.717, 1.165) is 41.9 Å². The molecule has 0 bridgehead atoms. The molecule has 27 heavy (non-hydrogen) atoms. The molecule has 3 atom stereocenters. The van der Waals surface area contributed by atoms with Crippen molar-refractivity contribution in [3.8, 4) is 0 Å². The number of hydrogen-bond acceptors (Lipinski definition) is 4. The highest BCUT2D eigenvalue weighted by atomic mass is 16.2. The van der Waals surface area contributed by atoms with Gasteiger partial charge in [-0.2, -0.15) is 0 Å². The van der Waals surface area contributed by atoms with Crippen LogP contribution in [0.2, 0.25) is 0 Å². The number of carbonyl (C=O) groups excluding carboxylic acids is 2. The summed E-state index contributed by atoms with van der Waals surface area (Å²) in [7, 11) is 0. The zero-order valence-electron chi connectivity index (χ0n) is 15.6. The van der Waals surface area contributed by atoms with Crippen molar-refractivity contribution >= 4 is 17.5 Å². The minimum atomic E-state index is -0.384. The van der Waals surface area contributed by atoms with Crippen LogP contribution >= 0.6 is 0 Å². The Labute approximate surface area is 159 Å². The molecule has 0 unspecified atom stereocenters. The minimum Gasteiger partial charge on any atom is -0.274 e. The Balaban J connectivity index is 1.61. The van der Waals surface area contributed by atoms with E-state index in [1.807, 2.05) is 50.2 Å². The zero-order valence-corrected chi connectivity index (χ0v) is 15.6. The number of anilines is 1. The number of hydrazine groups is 1. The number of benzene rings is 2. The van der Waals surface area contributed by atoms with Gasteiger partial charge in [0.25, 0.3) is 5.91 Å². The highest BCUT2D eigenvalue weighted by Crippen LogP contribution is 2.49. The van der Waals surface area contributed by atoms with E-state index in [-0.39, 0.29) is 29.8 Å². The molecule has 3 fully saturated rings.